The average Bonchev–Trinajstić information content (AvgIpc) is 3.41. The summed E-state index contributed by atoms with van der Waals surface area (Å²) < 4.78 is 5.22. The lowest BCUT2D eigenvalue weighted by Crippen LogP contribution is -2.19. The van der Waals surface area contributed by atoms with E-state index >= 15 is 0 Å². The smallest absolute Gasteiger partial charge is 0.414 e. The third-order valence-electron chi connectivity index (χ3n) is 4.16. The first-order chi connectivity index (χ1) is 14.4. The van der Waals surface area contributed by atoms with Gasteiger partial charge in [0.25, 0.3) is 0 Å². The van der Waals surface area contributed by atoms with Crippen molar-refractivity contribution in [1.29, 1.82) is 0 Å². The second kappa shape index (κ2) is 9.14. The third-order valence-corrected chi connectivity index (χ3v) is 5.19. The van der Waals surface area contributed by atoms with Crippen molar-refractivity contribution in [2.75, 3.05) is 7.11 Å². The zero-order valence-corrected chi connectivity index (χ0v) is 16.5. The number of aliphatic carboxylic acids is 2. The Kier molecular flexibility index (Phi) is 6.38. The molecule has 0 spiro atoms. The maximum atomic E-state index is 12.8. The van der Waals surface area contributed by atoms with E-state index in [0.29, 0.717) is 11.3 Å². The molecule has 4 N–H and O–H groups in total. The monoisotopic (exact) mass is 427 g/mol. The van der Waals surface area contributed by atoms with Crippen LogP contribution in [0.4, 0.5) is 0 Å². The molecule has 0 saturated carbocycles. The van der Waals surface area contributed by atoms with Crippen molar-refractivity contribution >= 4 is 40.4 Å². The van der Waals surface area contributed by atoms with Gasteiger partial charge in [-0.1, -0.05) is 6.07 Å². The highest BCUT2D eigenvalue weighted by Crippen LogP contribution is 2.35. The second-order valence-electron chi connectivity index (χ2n) is 6.03. The molecule has 1 unspecified atom stereocenters. The van der Waals surface area contributed by atoms with Crippen molar-refractivity contribution < 1.29 is 29.3 Å². The van der Waals surface area contributed by atoms with Gasteiger partial charge in [-0.25, -0.2) is 9.59 Å². The molecule has 4 rings (SSSR count). The number of Topliss-reactive ketones (excluding diaryl/α,β-unsaturated/α-hetero) is 1. The normalized spacial score (nSPS) is 14.8. The van der Waals surface area contributed by atoms with Crippen LogP contribution in [0.1, 0.15) is 21.3 Å². The Labute approximate surface area is 174 Å². The zero-order valence-electron chi connectivity index (χ0n) is 15.7. The maximum absolute atomic E-state index is 12.8. The van der Waals surface area contributed by atoms with Crippen LogP contribution in [0.5, 0.6) is 5.75 Å². The number of H-pyrrole nitrogens is 1. The van der Waals surface area contributed by atoms with E-state index in [4.69, 9.17) is 24.5 Å². The van der Waals surface area contributed by atoms with Crippen molar-refractivity contribution in [2.45, 2.75) is 5.37 Å². The summed E-state index contributed by atoms with van der Waals surface area (Å²) in [6, 6.07) is 9.53. The molecule has 3 heterocycles. The second-order valence-corrected chi connectivity index (χ2v) is 7.01. The van der Waals surface area contributed by atoms with E-state index in [0.717, 1.165) is 22.2 Å². The minimum Gasteiger partial charge on any atom is -0.497 e. The van der Waals surface area contributed by atoms with Crippen LogP contribution < -0.4 is 10.1 Å². The van der Waals surface area contributed by atoms with Crippen molar-refractivity contribution in [2.24, 2.45) is 0 Å². The van der Waals surface area contributed by atoms with Gasteiger partial charge in [-0.15, -0.1) is 11.8 Å². The highest BCUT2D eigenvalue weighted by molar-refractivity contribution is 8.02. The molecular weight excluding hydrogens is 410 g/mol. The number of aromatic nitrogens is 2. The Morgan fingerprint density at radius 1 is 1.17 bits per heavy atom. The van der Waals surface area contributed by atoms with Crippen molar-refractivity contribution in [3.63, 3.8) is 0 Å². The van der Waals surface area contributed by atoms with Crippen LogP contribution >= 0.6 is 11.8 Å². The number of aromatic amines is 1. The summed E-state index contributed by atoms with van der Waals surface area (Å²) in [5.41, 5.74) is 3.18. The molecule has 9 nitrogen and oxygen atoms in total. The van der Waals surface area contributed by atoms with Crippen LogP contribution in [-0.4, -0.2) is 45.0 Å². The van der Waals surface area contributed by atoms with E-state index in [9.17, 15) is 4.79 Å². The molecule has 0 fully saturated rings. The van der Waals surface area contributed by atoms with Crippen LogP contribution in [0.25, 0.3) is 10.9 Å². The molecule has 0 bridgehead atoms. The van der Waals surface area contributed by atoms with Gasteiger partial charge in [-0.05, 0) is 18.2 Å². The number of ketones is 1. The summed E-state index contributed by atoms with van der Waals surface area (Å²) in [7, 11) is 1.62. The Hall–Kier alpha value is -3.79. The fourth-order valence-electron chi connectivity index (χ4n) is 2.72. The molecule has 3 aromatic rings. The predicted molar refractivity (Wildman–Crippen MR) is 110 cm³/mol. The Bertz CT molecular complexity index is 1110. The lowest BCUT2D eigenvalue weighted by Gasteiger charge is -2.12. The molecular formula is C20H17N3O6S. The largest absolute Gasteiger partial charge is 0.497 e. The summed E-state index contributed by atoms with van der Waals surface area (Å²) in [5, 5.41) is 20.8. The minimum atomic E-state index is -1.82. The molecule has 0 radical (unpaired) electrons. The van der Waals surface area contributed by atoms with Gasteiger partial charge in [-0.3, -0.25) is 9.78 Å². The Morgan fingerprint density at radius 2 is 1.93 bits per heavy atom. The standard InChI is InChI=1S/C18H15N3O2S.C2H2O4/c1-23-12-4-5-13-14(9-20-15(13)7-12)17(22)16-10-24-18(21-16)11-3-2-6-19-8-11;3-1(4)2(5)6/h2-10,18,20-21H,1H3;(H,3,4)(H,5,6). The first-order valence-corrected chi connectivity index (χ1v) is 9.53. The highest BCUT2D eigenvalue weighted by Gasteiger charge is 2.25. The number of nitrogens with one attached hydrogen (secondary N) is 2. The number of allylic oxidation sites excluding steroid dienone is 1. The van der Waals surface area contributed by atoms with Gasteiger partial charge in [0.1, 0.15) is 11.1 Å². The number of benzene rings is 1. The first-order valence-electron chi connectivity index (χ1n) is 8.59. The van der Waals surface area contributed by atoms with E-state index in [1.165, 1.54) is 0 Å². The molecule has 30 heavy (non-hydrogen) atoms. The number of pyridine rings is 1. The van der Waals surface area contributed by atoms with E-state index in [1.54, 1.807) is 31.3 Å². The summed E-state index contributed by atoms with van der Waals surface area (Å²) in [4.78, 5) is 38.3. The highest BCUT2D eigenvalue weighted by atomic mass is 32.2. The third kappa shape index (κ3) is 4.61. The maximum Gasteiger partial charge on any atom is 0.414 e. The van der Waals surface area contributed by atoms with Gasteiger partial charge >= 0.3 is 11.9 Å². The number of ether oxygens (including phenoxy) is 1. The number of carboxylic acid groups (broad SMARTS) is 2. The SMILES string of the molecule is COc1ccc2c(C(=O)C3=CSC(c4cccnc4)N3)c[nH]c2c1.O=C(O)C(=O)O. The molecule has 154 valence electrons. The van der Waals surface area contributed by atoms with Gasteiger partial charge in [-0.2, -0.15) is 0 Å². The van der Waals surface area contributed by atoms with Gasteiger partial charge in [0.15, 0.2) is 0 Å². The molecule has 1 atom stereocenters. The van der Waals surface area contributed by atoms with Crippen molar-refractivity contribution in [1.82, 2.24) is 15.3 Å². The van der Waals surface area contributed by atoms with Gasteiger partial charge in [0.05, 0.1) is 12.8 Å². The number of carbonyl (C=O) groups excluding carboxylic acids is 1. The molecule has 0 saturated heterocycles. The van der Waals surface area contributed by atoms with Gasteiger partial charge in [0.2, 0.25) is 5.78 Å². The number of hydrogen-bond acceptors (Lipinski definition) is 7. The van der Waals surface area contributed by atoms with Gasteiger partial charge in [0, 0.05) is 52.1 Å². The van der Waals surface area contributed by atoms with Crippen molar-refractivity contribution in [3.8, 4) is 5.75 Å². The number of carboxylic acids is 2. The average molecular weight is 427 g/mol. The van der Waals surface area contributed by atoms with E-state index in [-0.39, 0.29) is 11.2 Å². The fraction of sp³-hybridized carbons (Fsp3) is 0.100. The summed E-state index contributed by atoms with van der Waals surface area (Å²) >= 11 is 1.58. The lowest BCUT2D eigenvalue weighted by atomic mass is 10.1. The van der Waals surface area contributed by atoms with Crippen LogP contribution in [-0.2, 0) is 9.59 Å². The molecule has 10 heteroatoms. The van der Waals surface area contributed by atoms with Crippen molar-refractivity contribution in [3.05, 3.63) is 71.2 Å². The first kappa shape index (κ1) is 20.9. The number of methoxy groups -OCH3 is 1. The molecule has 0 amide bonds. The van der Waals surface area contributed by atoms with Crippen LogP contribution in [0, 0.1) is 0 Å². The molecule has 2 aromatic heterocycles. The van der Waals surface area contributed by atoms with Crippen LogP contribution in [0.15, 0.2) is 60.0 Å². The van der Waals surface area contributed by atoms with Crippen LogP contribution in [0.2, 0.25) is 0 Å². The lowest BCUT2D eigenvalue weighted by molar-refractivity contribution is -0.159. The predicted octanol–water partition coefficient (Wildman–Crippen LogP) is 2.79. The summed E-state index contributed by atoms with van der Waals surface area (Å²) in [6.45, 7) is 0. The minimum absolute atomic E-state index is 0.0166. The summed E-state index contributed by atoms with van der Waals surface area (Å²) in [5.74, 6) is -2.91. The van der Waals surface area contributed by atoms with E-state index in [2.05, 4.69) is 15.3 Å². The fourth-order valence-corrected chi connectivity index (χ4v) is 3.66. The molecule has 1 aliphatic heterocycles. The molecule has 1 aromatic carbocycles. The number of rotatable bonds is 4. The summed E-state index contributed by atoms with van der Waals surface area (Å²) in [6.07, 6.45) is 5.30. The topological polar surface area (TPSA) is 142 Å². The molecule has 0 aliphatic carbocycles. The zero-order chi connectivity index (χ0) is 21.7. The number of fused-ring (bicyclic) bond motifs is 1. The Morgan fingerprint density at radius 3 is 2.57 bits per heavy atom. The number of hydrogen-bond donors (Lipinski definition) is 4. The van der Waals surface area contributed by atoms with E-state index < -0.39 is 11.9 Å². The van der Waals surface area contributed by atoms with Gasteiger partial charge < -0.3 is 25.3 Å². The molecule has 1 aliphatic rings. The quantitative estimate of drug-likeness (QED) is 0.365. The Balaban J connectivity index is 0.000000377. The number of nitrogens with zero attached hydrogens (tertiary/aromatic N) is 1. The number of carbonyl (C=O) groups is 3. The number of thioether (sulfide) groups is 1. The van der Waals surface area contributed by atoms with Crippen LogP contribution in [0.3, 0.4) is 0 Å². The van der Waals surface area contributed by atoms with E-state index in [1.807, 2.05) is 41.9 Å².